The molecule has 45 heavy (non-hydrogen) atoms. The van der Waals surface area contributed by atoms with E-state index in [1.165, 1.54) is 6.33 Å². The summed E-state index contributed by atoms with van der Waals surface area (Å²) in [6.07, 6.45) is 4.95. The van der Waals surface area contributed by atoms with Gasteiger partial charge in [0, 0.05) is 19.3 Å². The third-order valence-electron chi connectivity index (χ3n) is 7.81. The van der Waals surface area contributed by atoms with Gasteiger partial charge in [0.05, 0.1) is 39.3 Å². The highest BCUT2D eigenvalue weighted by Gasteiger charge is 2.32. The molecule has 0 saturated carbocycles. The zero-order chi connectivity index (χ0) is 32.6. The largest absolute Gasteiger partial charge is 0.493 e. The van der Waals surface area contributed by atoms with E-state index in [0.29, 0.717) is 36.1 Å². The van der Waals surface area contributed by atoms with Crippen molar-refractivity contribution in [1.82, 2.24) is 19.8 Å². The second kappa shape index (κ2) is 15.0. The number of nitrogens with two attached hydrogens (primary N) is 1. The van der Waals surface area contributed by atoms with Crippen LogP contribution in [0.2, 0.25) is 0 Å². The van der Waals surface area contributed by atoms with Gasteiger partial charge in [-0.05, 0) is 55.9 Å². The number of carbonyl (C=O) groups is 3. The van der Waals surface area contributed by atoms with Crippen LogP contribution in [-0.4, -0.2) is 77.7 Å². The molecule has 3 aromatic rings. The van der Waals surface area contributed by atoms with E-state index in [0.717, 1.165) is 18.4 Å². The summed E-state index contributed by atoms with van der Waals surface area (Å²) in [5.74, 6) is 0.663. The van der Waals surface area contributed by atoms with Crippen molar-refractivity contribution in [2.45, 2.75) is 57.8 Å². The Kier molecular flexibility index (Phi) is 11.2. The zero-order valence-electron chi connectivity index (χ0n) is 26.6. The van der Waals surface area contributed by atoms with Crippen LogP contribution in [0.3, 0.4) is 0 Å². The molecule has 1 unspecified atom stereocenters. The van der Waals surface area contributed by atoms with Crippen molar-refractivity contribution in [3.8, 4) is 11.5 Å². The first-order valence-electron chi connectivity index (χ1n) is 15.1. The molecular formula is C33H44N6O6. The van der Waals surface area contributed by atoms with Crippen LogP contribution < -0.4 is 25.8 Å². The van der Waals surface area contributed by atoms with Gasteiger partial charge in [-0.15, -0.1) is 0 Å². The smallest absolute Gasteiger partial charge is 0.250 e. The molecule has 1 aliphatic heterocycles. The Balaban J connectivity index is 1.56. The number of hydrogen-bond acceptors (Lipinski definition) is 8. The first-order chi connectivity index (χ1) is 21.5. The first-order valence-corrected chi connectivity index (χ1v) is 15.1. The fraction of sp³-hybridized carbons (Fsp3) is 0.455. The van der Waals surface area contributed by atoms with Crippen LogP contribution in [0.5, 0.6) is 11.5 Å². The van der Waals surface area contributed by atoms with Crippen LogP contribution in [0.15, 0.2) is 61.1 Å². The lowest BCUT2D eigenvalue weighted by Gasteiger charge is -2.33. The molecule has 1 aliphatic rings. The summed E-state index contributed by atoms with van der Waals surface area (Å²) in [6, 6.07) is 13.0. The molecule has 0 radical (unpaired) electrons. The number of rotatable bonds is 13. The highest BCUT2D eigenvalue weighted by molar-refractivity contribution is 5.98. The van der Waals surface area contributed by atoms with Crippen LogP contribution in [0, 0.1) is 5.92 Å². The van der Waals surface area contributed by atoms with E-state index >= 15 is 0 Å². The van der Waals surface area contributed by atoms with E-state index in [2.05, 4.69) is 22.5 Å². The normalized spacial score (nSPS) is 15.2. The summed E-state index contributed by atoms with van der Waals surface area (Å²) in [4.78, 5) is 46.4. The number of imidazole rings is 1. The van der Waals surface area contributed by atoms with Crippen molar-refractivity contribution in [3.63, 3.8) is 0 Å². The second-order valence-electron chi connectivity index (χ2n) is 12.0. The highest BCUT2D eigenvalue weighted by atomic mass is 16.5. The molecule has 2 aromatic carbocycles. The molecule has 0 spiro atoms. The van der Waals surface area contributed by atoms with Crippen LogP contribution in [0.25, 0.3) is 0 Å². The van der Waals surface area contributed by atoms with Gasteiger partial charge in [-0.25, -0.2) is 4.98 Å². The first kappa shape index (κ1) is 33.5. The zero-order valence-corrected chi connectivity index (χ0v) is 26.6. The molecule has 2 atom stereocenters. The molecule has 12 heteroatoms. The Morgan fingerprint density at radius 2 is 1.73 bits per heavy atom. The average molecular weight is 621 g/mol. The van der Waals surface area contributed by atoms with E-state index in [1.807, 2.05) is 41.3 Å². The Hall–Kier alpha value is -4.42. The summed E-state index contributed by atoms with van der Waals surface area (Å²) >= 11 is 0. The number of aromatic nitrogens is 2. The van der Waals surface area contributed by atoms with Crippen molar-refractivity contribution < 1.29 is 28.6 Å². The van der Waals surface area contributed by atoms with E-state index < -0.39 is 29.4 Å². The van der Waals surface area contributed by atoms with Crippen LogP contribution in [0.1, 0.15) is 50.8 Å². The molecule has 0 bridgehead atoms. The fourth-order valence-electron chi connectivity index (χ4n) is 5.02. The third kappa shape index (κ3) is 8.83. The minimum atomic E-state index is -1.21. The number of anilines is 1. The van der Waals surface area contributed by atoms with Gasteiger partial charge in [0.2, 0.25) is 11.8 Å². The maximum atomic E-state index is 14.0. The molecule has 4 N–H and O–H groups in total. The van der Waals surface area contributed by atoms with Crippen LogP contribution in [-0.2, 0) is 25.7 Å². The molecular weight excluding hydrogens is 576 g/mol. The number of benzene rings is 2. The lowest BCUT2D eigenvalue weighted by atomic mass is 9.97. The third-order valence-corrected chi connectivity index (χ3v) is 7.81. The van der Waals surface area contributed by atoms with E-state index in [1.54, 1.807) is 51.0 Å². The highest BCUT2D eigenvalue weighted by Crippen LogP contribution is 2.33. The number of amides is 3. The summed E-state index contributed by atoms with van der Waals surface area (Å²) in [6.45, 7) is 6.77. The van der Waals surface area contributed by atoms with Crippen molar-refractivity contribution in [2.24, 2.45) is 11.7 Å². The van der Waals surface area contributed by atoms with Gasteiger partial charge in [-0.2, -0.15) is 0 Å². The Bertz CT molecular complexity index is 1450. The second-order valence-corrected chi connectivity index (χ2v) is 12.0. The number of nitrogens with one attached hydrogen (secondary N) is 2. The maximum Gasteiger partial charge on any atom is 0.250 e. The lowest BCUT2D eigenvalue weighted by Crippen LogP contribution is -2.56. The number of piperidine rings is 1. The number of carbonyl (C=O) groups excluding carboxylic acids is 3. The van der Waals surface area contributed by atoms with Gasteiger partial charge in [-0.3, -0.25) is 14.4 Å². The molecule has 1 saturated heterocycles. The molecule has 3 amide bonds. The molecule has 242 valence electrons. The van der Waals surface area contributed by atoms with Gasteiger partial charge in [0.25, 0.3) is 5.91 Å². The average Bonchev–Trinajstić information content (AvgIpc) is 3.48. The molecule has 0 aliphatic carbocycles. The molecule has 2 heterocycles. The number of likely N-dealkylation sites (tertiary alicyclic amines) is 1. The van der Waals surface area contributed by atoms with Crippen molar-refractivity contribution >= 4 is 23.5 Å². The standard InChI is InChI=1S/C33H44N6O6/c1-22-13-15-38(16-14-22)31(41)29(24-11-12-26(43-4)27(17-24)44-5)39-18-28(35-21-39)37-30(40)25(36-32(42)33(2,3)34)20-45-19-23-9-7-6-8-10-23/h6-12,17-18,21-22,25,29H,13-16,19-20,34H2,1-5H3,(H,36,42)(H,37,40)/t25-,29?/m1/s1. The number of nitrogens with zero attached hydrogens (tertiary/aromatic N) is 3. The van der Waals surface area contributed by atoms with Crippen molar-refractivity contribution in [3.05, 3.63) is 72.2 Å². The number of hydrogen-bond donors (Lipinski definition) is 3. The van der Waals surface area contributed by atoms with E-state index in [9.17, 15) is 14.4 Å². The maximum absolute atomic E-state index is 14.0. The fourth-order valence-corrected chi connectivity index (χ4v) is 5.02. The predicted octanol–water partition coefficient (Wildman–Crippen LogP) is 3.13. The van der Waals surface area contributed by atoms with Crippen LogP contribution >= 0.6 is 0 Å². The van der Waals surface area contributed by atoms with Crippen LogP contribution in [0.4, 0.5) is 5.82 Å². The SMILES string of the molecule is COc1ccc(C(C(=O)N2CCC(C)CC2)n2cnc(NC(=O)[C@@H](COCc3ccccc3)NC(=O)C(C)(C)N)c2)cc1OC. The summed E-state index contributed by atoms with van der Waals surface area (Å²) in [7, 11) is 3.09. The molecule has 1 fully saturated rings. The topological polar surface area (TPSA) is 150 Å². The van der Waals surface area contributed by atoms with Crippen molar-refractivity contribution in [1.29, 1.82) is 0 Å². The van der Waals surface area contributed by atoms with Gasteiger partial charge in [0.1, 0.15) is 12.1 Å². The minimum Gasteiger partial charge on any atom is -0.493 e. The van der Waals surface area contributed by atoms with E-state index in [-0.39, 0.29) is 24.9 Å². The summed E-state index contributed by atoms with van der Waals surface area (Å²) in [5.41, 5.74) is 6.37. The minimum absolute atomic E-state index is 0.0889. The van der Waals surface area contributed by atoms with E-state index in [4.69, 9.17) is 19.9 Å². The van der Waals surface area contributed by atoms with Gasteiger partial charge in [-0.1, -0.05) is 43.3 Å². The Morgan fingerprint density at radius 1 is 1.04 bits per heavy atom. The monoisotopic (exact) mass is 620 g/mol. The summed E-state index contributed by atoms with van der Waals surface area (Å²) < 4.78 is 18.4. The Morgan fingerprint density at radius 3 is 2.38 bits per heavy atom. The molecule has 4 rings (SSSR count). The van der Waals surface area contributed by atoms with Crippen molar-refractivity contribution in [2.75, 3.05) is 39.2 Å². The Labute approximate surface area is 264 Å². The predicted molar refractivity (Wildman–Crippen MR) is 170 cm³/mol. The molecule has 12 nitrogen and oxygen atoms in total. The number of methoxy groups -OCH3 is 2. The quantitative estimate of drug-likeness (QED) is 0.264. The summed E-state index contributed by atoms with van der Waals surface area (Å²) in [5, 5.41) is 5.45. The van der Waals surface area contributed by atoms with Gasteiger partial charge in [0.15, 0.2) is 17.3 Å². The molecule has 1 aromatic heterocycles. The number of ether oxygens (including phenoxy) is 3. The van der Waals surface area contributed by atoms with Gasteiger partial charge < -0.3 is 40.0 Å². The lowest BCUT2D eigenvalue weighted by molar-refractivity contribution is -0.135. The van der Waals surface area contributed by atoms with Gasteiger partial charge >= 0.3 is 0 Å².